The number of likely N-dealkylation sites (tertiary alicyclic amines) is 1. The molecule has 2 aliphatic heterocycles. The number of benzene rings is 4. The number of H-pyrrole nitrogens is 2. The number of hydrogen-bond donors (Lipinski definition) is 4. The third-order valence-corrected chi connectivity index (χ3v) is 11.3. The summed E-state index contributed by atoms with van der Waals surface area (Å²) in [5.74, 6) is 2.58. The van der Waals surface area contributed by atoms with E-state index in [0.29, 0.717) is 11.8 Å². The van der Waals surface area contributed by atoms with Crippen molar-refractivity contribution in [3.8, 4) is 11.1 Å². The number of piperidine rings is 1. The Balaban J connectivity index is 0.998. The standard InChI is InChI=1S/C40H43N7O4/c1-20(2)34(46-40(49)51-4)39(48)47-32-16-26(32)17-33(47)38-43-30-12-8-25-15-23(6-10-28(25)36(30)45-38)22-5-9-27-24(14-22)7-11-29-35(27)44-37(42-29)31-13-21(18-41-31)19-50-3/h5-12,14-15,20-21,26,31-34,41H,13,16-19H2,1-4H3,(H,42,44)(H,43,45)(H,46,49). The Morgan fingerprint density at radius 1 is 0.863 bits per heavy atom. The largest absolute Gasteiger partial charge is 0.453 e. The Hall–Kier alpha value is -5.00. The van der Waals surface area contributed by atoms with Crippen LogP contribution in [0.1, 0.15) is 56.8 Å². The molecule has 262 valence electrons. The van der Waals surface area contributed by atoms with Gasteiger partial charge in [0.05, 0.1) is 47.9 Å². The number of fused-ring (bicyclic) bond motifs is 7. The van der Waals surface area contributed by atoms with Crippen LogP contribution < -0.4 is 10.6 Å². The predicted molar refractivity (Wildman–Crippen MR) is 197 cm³/mol. The summed E-state index contributed by atoms with van der Waals surface area (Å²) in [5.41, 5.74) is 6.17. The molecular weight excluding hydrogens is 642 g/mol. The Labute approximate surface area is 295 Å². The second-order valence-corrected chi connectivity index (χ2v) is 15.0. The first-order chi connectivity index (χ1) is 24.8. The van der Waals surface area contributed by atoms with Crippen LogP contribution >= 0.6 is 0 Å². The van der Waals surface area contributed by atoms with E-state index < -0.39 is 12.1 Å². The van der Waals surface area contributed by atoms with E-state index in [2.05, 4.69) is 81.3 Å². The number of nitrogens with zero attached hydrogens (tertiary/aromatic N) is 3. The molecule has 6 aromatic rings. The molecule has 9 rings (SSSR count). The molecule has 4 N–H and O–H groups in total. The Morgan fingerprint density at radius 3 is 2.14 bits per heavy atom. The van der Waals surface area contributed by atoms with Crippen molar-refractivity contribution in [1.82, 2.24) is 35.5 Å². The van der Waals surface area contributed by atoms with Crippen molar-refractivity contribution in [3.63, 3.8) is 0 Å². The summed E-state index contributed by atoms with van der Waals surface area (Å²) in [4.78, 5) is 45.2. The van der Waals surface area contributed by atoms with Crippen LogP contribution in [0.2, 0.25) is 0 Å². The molecule has 51 heavy (non-hydrogen) atoms. The zero-order chi connectivity index (χ0) is 35.0. The van der Waals surface area contributed by atoms with Crippen LogP contribution in [0.25, 0.3) is 54.7 Å². The molecule has 1 aliphatic carbocycles. The normalized spacial score (nSPS) is 23.5. The van der Waals surface area contributed by atoms with Gasteiger partial charge in [-0.15, -0.1) is 0 Å². The monoisotopic (exact) mass is 685 g/mol. The highest BCUT2D eigenvalue weighted by atomic mass is 16.5. The molecular formula is C40H43N7O4. The Morgan fingerprint density at radius 2 is 1.51 bits per heavy atom. The number of hydrogen-bond acceptors (Lipinski definition) is 7. The van der Waals surface area contributed by atoms with Crippen molar-refractivity contribution in [2.75, 3.05) is 27.4 Å². The van der Waals surface area contributed by atoms with Crippen molar-refractivity contribution in [3.05, 3.63) is 72.3 Å². The third kappa shape index (κ3) is 5.50. The predicted octanol–water partition coefficient (Wildman–Crippen LogP) is 6.75. The zero-order valence-electron chi connectivity index (χ0n) is 29.3. The fourth-order valence-electron chi connectivity index (χ4n) is 8.58. The van der Waals surface area contributed by atoms with E-state index in [0.717, 1.165) is 98.8 Å². The lowest BCUT2D eigenvalue weighted by molar-refractivity contribution is -0.136. The minimum atomic E-state index is -0.663. The topological polar surface area (TPSA) is 137 Å². The molecule has 2 aromatic heterocycles. The van der Waals surface area contributed by atoms with E-state index in [4.69, 9.17) is 19.4 Å². The highest BCUT2D eigenvalue weighted by Gasteiger charge is 2.56. The van der Waals surface area contributed by atoms with E-state index in [1.807, 2.05) is 18.7 Å². The molecule has 0 bridgehead atoms. The third-order valence-electron chi connectivity index (χ3n) is 11.3. The first-order valence-corrected chi connectivity index (χ1v) is 18.0. The minimum Gasteiger partial charge on any atom is -0.453 e. The average molecular weight is 686 g/mol. The van der Waals surface area contributed by atoms with Crippen LogP contribution in [-0.4, -0.2) is 76.3 Å². The summed E-state index contributed by atoms with van der Waals surface area (Å²) in [6.07, 6.45) is 2.27. The van der Waals surface area contributed by atoms with Crippen LogP contribution in [0.15, 0.2) is 60.7 Å². The second-order valence-electron chi connectivity index (χ2n) is 15.0. The van der Waals surface area contributed by atoms with Crippen LogP contribution in [0.4, 0.5) is 4.79 Å². The molecule has 2 amide bonds. The lowest BCUT2D eigenvalue weighted by Gasteiger charge is -2.31. The first-order valence-electron chi connectivity index (χ1n) is 18.0. The number of amides is 2. The van der Waals surface area contributed by atoms with Crippen molar-refractivity contribution in [2.24, 2.45) is 17.8 Å². The van der Waals surface area contributed by atoms with Crippen LogP contribution in [0.5, 0.6) is 0 Å². The molecule has 2 saturated heterocycles. The van der Waals surface area contributed by atoms with Gasteiger partial charge in [-0.25, -0.2) is 14.8 Å². The highest BCUT2D eigenvalue weighted by Crippen LogP contribution is 2.53. The van der Waals surface area contributed by atoms with E-state index in [1.54, 1.807) is 7.11 Å². The molecule has 3 fully saturated rings. The number of aromatic nitrogens is 4. The number of aromatic amines is 2. The van der Waals surface area contributed by atoms with Crippen molar-refractivity contribution < 1.29 is 19.1 Å². The van der Waals surface area contributed by atoms with Gasteiger partial charge in [0.2, 0.25) is 5.91 Å². The minimum absolute atomic E-state index is 0.0777. The van der Waals surface area contributed by atoms with E-state index in [1.165, 1.54) is 7.11 Å². The molecule has 0 radical (unpaired) electrons. The number of alkyl carbamates (subject to hydrolysis) is 1. The lowest BCUT2D eigenvalue weighted by atomic mass is 9.98. The molecule has 6 atom stereocenters. The highest BCUT2D eigenvalue weighted by molar-refractivity contribution is 6.07. The molecule has 0 spiro atoms. The maximum absolute atomic E-state index is 13.9. The van der Waals surface area contributed by atoms with Crippen molar-refractivity contribution in [1.29, 1.82) is 0 Å². The number of carbonyl (C=O) groups is 2. The van der Waals surface area contributed by atoms with Gasteiger partial charge in [0.1, 0.15) is 17.7 Å². The van der Waals surface area contributed by atoms with E-state index in [9.17, 15) is 9.59 Å². The molecule has 11 heteroatoms. The van der Waals surface area contributed by atoms with E-state index >= 15 is 0 Å². The van der Waals surface area contributed by atoms with E-state index in [-0.39, 0.29) is 30.0 Å². The lowest BCUT2D eigenvalue weighted by Crippen LogP contribution is -2.52. The molecule has 11 nitrogen and oxygen atoms in total. The van der Waals surface area contributed by atoms with Crippen LogP contribution in [0.3, 0.4) is 0 Å². The van der Waals surface area contributed by atoms with Crippen LogP contribution in [-0.2, 0) is 14.3 Å². The Bertz CT molecular complexity index is 2330. The van der Waals surface area contributed by atoms with Gasteiger partial charge in [-0.1, -0.05) is 50.2 Å². The summed E-state index contributed by atoms with van der Waals surface area (Å²) < 4.78 is 10.2. The van der Waals surface area contributed by atoms with Gasteiger partial charge >= 0.3 is 6.09 Å². The van der Waals surface area contributed by atoms with Crippen molar-refractivity contribution >= 4 is 55.6 Å². The zero-order valence-corrected chi connectivity index (χ0v) is 29.3. The van der Waals surface area contributed by atoms with Crippen molar-refractivity contribution in [2.45, 2.75) is 57.3 Å². The maximum Gasteiger partial charge on any atom is 0.407 e. The number of imidazole rings is 2. The van der Waals surface area contributed by atoms with Gasteiger partial charge in [0.15, 0.2) is 0 Å². The SMILES string of the molecule is COCC1CNC(c2nc3c(ccc4cc(-c5ccc6c(ccc7[nH]c(C8CC9CC9N8C(=O)C(NC(=O)OC)C(C)C)nc76)c5)ccc43)[nH]2)C1. The molecule has 3 aliphatic rings. The fraction of sp³-hybridized carbons (Fsp3) is 0.400. The van der Waals surface area contributed by atoms with Gasteiger partial charge in [0.25, 0.3) is 0 Å². The summed E-state index contributed by atoms with van der Waals surface area (Å²) >= 11 is 0. The molecule has 6 unspecified atom stereocenters. The Kier molecular flexibility index (Phi) is 7.73. The number of rotatable bonds is 8. The summed E-state index contributed by atoms with van der Waals surface area (Å²) in [6, 6.07) is 21.2. The number of nitrogens with one attached hydrogen (secondary N) is 4. The van der Waals surface area contributed by atoms with Gasteiger partial charge in [-0.05, 0) is 83.2 Å². The number of ether oxygens (including phenoxy) is 2. The van der Waals surface area contributed by atoms with Gasteiger partial charge < -0.3 is 35.0 Å². The molecule has 4 heterocycles. The second kappa shape index (κ2) is 12.3. The summed E-state index contributed by atoms with van der Waals surface area (Å²) in [7, 11) is 3.08. The molecule has 1 saturated carbocycles. The summed E-state index contributed by atoms with van der Waals surface area (Å²) in [5, 5.41) is 10.8. The molecule has 4 aromatic carbocycles. The maximum atomic E-state index is 13.9. The smallest absolute Gasteiger partial charge is 0.407 e. The average Bonchev–Trinajstić information content (AvgIpc) is 3.60. The number of carbonyl (C=O) groups excluding carboxylic acids is 2. The van der Waals surface area contributed by atoms with Gasteiger partial charge in [0, 0.05) is 30.5 Å². The fourth-order valence-corrected chi connectivity index (χ4v) is 8.58. The first kappa shape index (κ1) is 31.9. The quantitative estimate of drug-likeness (QED) is 0.139. The van der Waals surface area contributed by atoms with Gasteiger partial charge in [-0.2, -0.15) is 0 Å². The number of methoxy groups -OCH3 is 2. The van der Waals surface area contributed by atoms with Gasteiger partial charge in [-0.3, -0.25) is 4.79 Å². The summed E-state index contributed by atoms with van der Waals surface area (Å²) in [6.45, 7) is 5.58. The van der Waals surface area contributed by atoms with Crippen LogP contribution in [0, 0.1) is 17.8 Å².